The number of ether oxygens (including phenoxy) is 2. The Labute approximate surface area is 129 Å². The van der Waals surface area contributed by atoms with Crippen LogP contribution in [0.2, 0.25) is 0 Å². The summed E-state index contributed by atoms with van der Waals surface area (Å²) in [5, 5.41) is 3.48. The lowest BCUT2D eigenvalue weighted by molar-refractivity contribution is -0.0112. The maximum absolute atomic E-state index is 12.2. The van der Waals surface area contributed by atoms with Crippen molar-refractivity contribution in [1.82, 2.24) is 10.2 Å². The van der Waals surface area contributed by atoms with Crippen molar-refractivity contribution < 1.29 is 14.3 Å². The zero-order chi connectivity index (χ0) is 16.0. The van der Waals surface area contributed by atoms with Crippen LogP contribution in [0.4, 0.5) is 4.79 Å². The average Bonchev–Trinajstić information content (AvgIpc) is 2.27. The van der Waals surface area contributed by atoms with Crippen LogP contribution in [-0.2, 0) is 9.47 Å². The number of nitrogens with one attached hydrogen (secondary N) is 1. The molecule has 0 radical (unpaired) electrons. The molecule has 124 valence electrons. The first-order valence-corrected chi connectivity index (χ1v) is 8.07. The van der Waals surface area contributed by atoms with Crippen molar-refractivity contribution in [3.05, 3.63) is 0 Å². The molecule has 5 heteroatoms. The molecule has 0 heterocycles. The molecule has 1 fully saturated rings. The maximum atomic E-state index is 12.2. The van der Waals surface area contributed by atoms with Crippen molar-refractivity contribution in [2.75, 3.05) is 19.7 Å². The summed E-state index contributed by atoms with van der Waals surface area (Å²) in [6.07, 6.45) is 2.32. The lowest BCUT2D eigenvalue weighted by atomic mass is 9.89. The van der Waals surface area contributed by atoms with Gasteiger partial charge in [-0.25, -0.2) is 4.79 Å². The molecule has 1 rings (SSSR count). The molecular formula is C16H32N2O3. The van der Waals surface area contributed by atoms with Crippen molar-refractivity contribution in [3.63, 3.8) is 0 Å². The van der Waals surface area contributed by atoms with Gasteiger partial charge in [0.15, 0.2) is 0 Å². The number of carbonyl (C=O) groups excluding carboxylic acids is 1. The molecule has 0 aliphatic heterocycles. The average molecular weight is 300 g/mol. The van der Waals surface area contributed by atoms with E-state index in [0.717, 1.165) is 26.0 Å². The highest BCUT2D eigenvalue weighted by molar-refractivity contribution is 5.68. The van der Waals surface area contributed by atoms with E-state index >= 15 is 0 Å². The molecule has 1 aliphatic rings. The predicted molar refractivity (Wildman–Crippen MR) is 84.5 cm³/mol. The molecule has 0 aromatic heterocycles. The number of nitrogens with zero attached hydrogens (tertiary/aromatic N) is 1. The fourth-order valence-electron chi connectivity index (χ4n) is 2.37. The number of hydrogen-bond acceptors (Lipinski definition) is 4. The molecule has 1 saturated carbocycles. The Morgan fingerprint density at radius 1 is 1.33 bits per heavy atom. The zero-order valence-electron chi connectivity index (χ0n) is 14.4. The Morgan fingerprint density at radius 3 is 2.43 bits per heavy atom. The molecule has 0 aromatic carbocycles. The number of amides is 1. The van der Waals surface area contributed by atoms with E-state index in [0.29, 0.717) is 18.7 Å². The van der Waals surface area contributed by atoms with Crippen LogP contribution in [0.5, 0.6) is 0 Å². The van der Waals surface area contributed by atoms with Crippen LogP contribution in [0.25, 0.3) is 0 Å². The van der Waals surface area contributed by atoms with Crippen LogP contribution in [0.1, 0.15) is 54.4 Å². The standard InChI is InChI=1S/C16H32N2O3/c1-7-20-14-10-13(11-14)17-8-9-18(12(2)3)15(19)21-16(4,5)6/h12-14,17H,7-11H2,1-6H3. The van der Waals surface area contributed by atoms with Gasteiger partial charge < -0.3 is 19.7 Å². The minimum absolute atomic E-state index is 0.138. The van der Waals surface area contributed by atoms with Gasteiger partial charge in [0.05, 0.1) is 6.10 Å². The predicted octanol–water partition coefficient (Wildman–Crippen LogP) is 2.79. The minimum Gasteiger partial charge on any atom is -0.444 e. The summed E-state index contributed by atoms with van der Waals surface area (Å²) in [5.74, 6) is 0. The van der Waals surface area contributed by atoms with Crippen LogP contribution < -0.4 is 5.32 Å². The Bertz CT molecular complexity index is 320. The molecule has 0 spiro atoms. The van der Waals surface area contributed by atoms with Crippen LogP contribution in [0.3, 0.4) is 0 Å². The maximum Gasteiger partial charge on any atom is 0.410 e. The SMILES string of the molecule is CCOC1CC(NCCN(C(=O)OC(C)(C)C)C(C)C)C1. The van der Waals surface area contributed by atoms with Crippen LogP contribution in [-0.4, -0.2) is 54.5 Å². The highest BCUT2D eigenvalue weighted by Gasteiger charge is 2.29. The first-order chi connectivity index (χ1) is 9.73. The number of rotatable bonds is 7. The van der Waals surface area contributed by atoms with Crippen molar-refractivity contribution >= 4 is 6.09 Å². The largest absolute Gasteiger partial charge is 0.444 e. The lowest BCUT2D eigenvalue weighted by Gasteiger charge is -2.36. The van der Waals surface area contributed by atoms with Gasteiger partial charge in [0.25, 0.3) is 0 Å². The Kier molecular flexibility index (Phi) is 6.94. The van der Waals surface area contributed by atoms with E-state index in [1.54, 1.807) is 4.90 Å². The number of hydrogen-bond donors (Lipinski definition) is 1. The Balaban J connectivity index is 2.28. The molecule has 1 N–H and O–H groups in total. The lowest BCUT2D eigenvalue weighted by Crippen LogP contribution is -2.49. The van der Waals surface area contributed by atoms with Gasteiger partial charge in [-0.3, -0.25) is 0 Å². The van der Waals surface area contributed by atoms with Crippen molar-refractivity contribution in [3.8, 4) is 0 Å². The zero-order valence-corrected chi connectivity index (χ0v) is 14.4. The van der Waals surface area contributed by atoms with Gasteiger partial charge >= 0.3 is 6.09 Å². The molecule has 0 saturated heterocycles. The summed E-state index contributed by atoms with van der Waals surface area (Å²) in [4.78, 5) is 13.9. The van der Waals surface area contributed by atoms with Gasteiger partial charge in [-0.1, -0.05) is 0 Å². The summed E-state index contributed by atoms with van der Waals surface area (Å²) in [6, 6.07) is 0.661. The van der Waals surface area contributed by atoms with Crippen molar-refractivity contribution in [2.45, 2.75) is 78.2 Å². The number of carbonyl (C=O) groups is 1. The molecule has 1 amide bonds. The van der Waals surface area contributed by atoms with E-state index < -0.39 is 5.60 Å². The van der Waals surface area contributed by atoms with Gasteiger partial charge in [0, 0.05) is 31.8 Å². The summed E-state index contributed by atoms with van der Waals surface area (Å²) >= 11 is 0. The van der Waals surface area contributed by atoms with E-state index in [1.807, 2.05) is 41.5 Å². The molecular weight excluding hydrogens is 268 g/mol. The van der Waals surface area contributed by atoms with E-state index in [4.69, 9.17) is 9.47 Å². The molecule has 0 bridgehead atoms. The summed E-state index contributed by atoms with van der Waals surface area (Å²) in [5.41, 5.74) is -0.448. The quantitative estimate of drug-likeness (QED) is 0.785. The normalized spacial score (nSPS) is 22.0. The summed E-state index contributed by atoms with van der Waals surface area (Å²) in [6.45, 7) is 14.0. The summed E-state index contributed by atoms with van der Waals surface area (Å²) < 4.78 is 11.0. The van der Waals surface area contributed by atoms with Crippen LogP contribution >= 0.6 is 0 Å². The van der Waals surface area contributed by atoms with Gasteiger partial charge in [0.1, 0.15) is 5.60 Å². The van der Waals surface area contributed by atoms with Gasteiger partial charge in [-0.15, -0.1) is 0 Å². The third kappa shape index (κ3) is 6.66. The van der Waals surface area contributed by atoms with E-state index in [1.165, 1.54) is 0 Å². The molecule has 21 heavy (non-hydrogen) atoms. The van der Waals surface area contributed by atoms with E-state index in [9.17, 15) is 4.79 Å². The Morgan fingerprint density at radius 2 is 1.95 bits per heavy atom. The van der Waals surface area contributed by atoms with E-state index in [-0.39, 0.29) is 12.1 Å². The topological polar surface area (TPSA) is 50.8 Å². The van der Waals surface area contributed by atoms with Crippen LogP contribution in [0.15, 0.2) is 0 Å². The first-order valence-electron chi connectivity index (χ1n) is 8.07. The monoisotopic (exact) mass is 300 g/mol. The minimum atomic E-state index is -0.448. The smallest absolute Gasteiger partial charge is 0.410 e. The molecule has 5 nitrogen and oxygen atoms in total. The molecule has 0 aromatic rings. The first kappa shape index (κ1) is 18.2. The van der Waals surface area contributed by atoms with Crippen molar-refractivity contribution in [2.24, 2.45) is 0 Å². The van der Waals surface area contributed by atoms with Crippen molar-refractivity contribution in [1.29, 1.82) is 0 Å². The third-order valence-electron chi connectivity index (χ3n) is 3.53. The summed E-state index contributed by atoms with van der Waals surface area (Å²) in [7, 11) is 0. The second kappa shape index (κ2) is 7.99. The highest BCUT2D eigenvalue weighted by Crippen LogP contribution is 2.23. The van der Waals surface area contributed by atoms with Crippen LogP contribution in [0, 0.1) is 0 Å². The second-order valence-corrected chi connectivity index (χ2v) is 6.97. The molecule has 0 unspecified atom stereocenters. The fraction of sp³-hybridized carbons (Fsp3) is 0.938. The second-order valence-electron chi connectivity index (χ2n) is 6.97. The van der Waals surface area contributed by atoms with Gasteiger partial charge in [0.2, 0.25) is 0 Å². The molecule has 0 atom stereocenters. The Hall–Kier alpha value is -0.810. The van der Waals surface area contributed by atoms with Gasteiger partial charge in [-0.05, 0) is 54.4 Å². The van der Waals surface area contributed by atoms with Gasteiger partial charge in [-0.2, -0.15) is 0 Å². The third-order valence-corrected chi connectivity index (χ3v) is 3.53. The molecule has 1 aliphatic carbocycles. The highest BCUT2D eigenvalue weighted by atomic mass is 16.6. The van der Waals surface area contributed by atoms with E-state index in [2.05, 4.69) is 5.32 Å². The fourth-order valence-corrected chi connectivity index (χ4v) is 2.37.